The highest BCUT2D eigenvalue weighted by atomic mass is 16.5. The van der Waals surface area contributed by atoms with E-state index >= 15 is 0 Å². The van der Waals surface area contributed by atoms with E-state index in [4.69, 9.17) is 20.1 Å². The standard InChI is InChI=1S/C11H18O5/c1-2-3-4-5-10(15)16-9-11(6-12,7-13)8-14/h2-5,12-14H,6-9H2,1H3/b3-2+,5-4+. The van der Waals surface area contributed by atoms with Crippen LogP contribution in [0.25, 0.3) is 0 Å². The van der Waals surface area contributed by atoms with E-state index in [1.54, 1.807) is 12.2 Å². The normalized spacial score (nSPS) is 12.5. The third kappa shape index (κ3) is 5.06. The number of aliphatic hydroxyl groups excluding tert-OH is 3. The SMILES string of the molecule is C/C=C/C=C/C(=O)OCC(CO)(CO)CO. The third-order valence-electron chi connectivity index (χ3n) is 2.06. The average molecular weight is 230 g/mol. The summed E-state index contributed by atoms with van der Waals surface area (Å²) in [5.41, 5.74) is -1.18. The van der Waals surface area contributed by atoms with Gasteiger partial charge in [0.25, 0.3) is 0 Å². The number of aliphatic hydroxyl groups is 3. The smallest absolute Gasteiger partial charge is 0.330 e. The molecular formula is C11H18O5. The Labute approximate surface area is 94.7 Å². The van der Waals surface area contributed by atoms with Crippen LogP contribution in [0, 0.1) is 5.41 Å². The van der Waals surface area contributed by atoms with E-state index in [9.17, 15) is 4.79 Å². The van der Waals surface area contributed by atoms with Crippen molar-refractivity contribution in [1.29, 1.82) is 0 Å². The zero-order valence-electron chi connectivity index (χ0n) is 9.30. The minimum atomic E-state index is -1.18. The minimum absolute atomic E-state index is 0.227. The first kappa shape index (κ1) is 14.8. The molecule has 0 aromatic carbocycles. The van der Waals surface area contributed by atoms with Gasteiger partial charge in [-0.05, 0) is 6.92 Å². The molecule has 0 heterocycles. The molecule has 0 amide bonds. The Morgan fingerprint density at radius 2 is 1.75 bits per heavy atom. The van der Waals surface area contributed by atoms with E-state index < -0.39 is 31.2 Å². The number of rotatable bonds is 7. The maximum Gasteiger partial charge on any atom is 0.330 e. The lowest BCUT2D eigenvalue weighted by Gasteiger charge is -2.26. The van der Waals surface area contributed by atoms with Crippen molar-refractivity contribution in [3.05, 3.63) is 24.3 Å². The van der Waals surface area contributed by atoms with Crippen LogP contribution in [0.1, 0.15) is 6.92 Å². The van der Waals surface area contributed by atoms with Crippen molar-refractivity contribution in [3.8, 4) is 0 Å². The Balaban J connectivity index is 4.16. The number of hydrogen-bond acceptors (Lipinski definition) is 5. The molecule has 0 saturated carbocycles. The molecule has 0 fully saturated rings. The molecule has 16 heavy (non-hydrogen) atoms. The van der Waals surface area contributed by atoms with Crippen LogP contribution in [0.5, 0.6) is 0 Å². The maximum absolute atomic E-state index is 11.1. The maximum atomic E-state index is 11.1. The van der Waals surface area contributed by atoms with E-state index in [2.05, 4.69) is 0 Å². The van der Waals surface area contributed by atoms with Crippen molar-refractivity contribution in [2.75, 3.05) is 26.4 Å². The van der Waals surface area contributed by atoms with Crippen LogP contribution in [0.3, 0.4) is 0 Å². The van der Waals surface area contributed by atoms with Crippen LogP contribution in [-0.4, -0.2) is 47.7 Å². The quantitative estimate of drug-likeness (QED) is 0.315. The minimum Gasteiger partial charge on any atom is -0.462 e. The second-order valence-corrected chi connectivity index (χ2v) is 3.47. The van der Waals surface area contributed by atoms with E-state index in [-0.39, 0.29) is 6.61 Å². The van der Waals surface area contributed by atoms with Crippen LogP contribution in [0.15, 0.2) is 24.3 Å². The van der Waals surface area contributed by atoms with Gasteiger partial charge in [0.05, 0.1) is 25.2 Å². The lowest BCUT2D eigenvalue weighted by Crippen LogP contribution is -2.39. The van der Waals surface area contributed by atoms with E-state index in [1.807, 2.05) is 6.92 Å². The van der Waals surface area contributed by atoms with Gasteiger partial charge in [-0.2, -0.15) is 0 Å². The molecule has 92 valence electrons. The second kappa shape index (κ2) is 8.04. The van der Waals surface area contributed by atoms with Gasteiger partial charge in [0, 0.05) is 6.08 Å². The Morgan fingerprint density at radius 1 is 1.19 bits per heavy atom. The summed E-state index contributed by atoms with van der Waals surface area (Å²) in [6.07, 6.45) is 6.15. The highest BCUT2D eigenvalue weighted by Crippen LogP contribution is 2.15. The van der Waals surface area contributed by atoms with Gasteiger partial charge < -0.3 is 20.1 Å². The fraction of sp³-hybridized carbons (Fsp3) is 0.545. The van der Waals surface area contributed by atoms with Gasteiger partial charge in [0.1, 0.15) is 6.61 Å². The number of ether oxygens (including phenoxy) is 1. The average Bonchev–Trinajstić information content (AvgIpc) is 2.32. The lowest BCUT2D eigenvalue weighted by molar-refractivity contribution is -0.145. The molecular weight excluding hydrogens is 212 g/mol. The van der Waals surface area contributed by atoms with Crippen LogP contribution in [-0.2, 0) is 9.53 Å². The van der Waals surface area contributed by atoms with Gasteiger partial charge in [-0.15, -0.1) is 0 Å². The first-order valence-electron chi connectivity index (χ1n) is 4.93. The molecule has 0 atom stereocenters. The Bertz CT molecular complexity index is 245. The predicted octanol–water partition coefficient (Wildman–Crippen LogP) is -0.375. The van der Waals surface area contributed by atoms with Gasteiger partial charge in [-0.3, -0.25) is 0 Å². The molecule has 0 aliphatic carbocycles. The summed E-state index contributed by atoms with van der Waals surface area (Å²) in [6, 6.07) is 0. The highest BCUT2D eigenvalue weighted by Gasteiger charge is 2.29. The van der Waals surface area contributed by atoms with Gasteiger partial charge in [0.15, 0.2) is 0 Å². The van der Waals surface area contributed by atoms with Crippen molar-refractivity contribution in [2.45, 2.75) is 6.92 Å². The van der Waals surface area contributed by atoms with Crippen molar-refractivity contribution >= 4 is 5.97 Å². The number of carbonyl (C=O) groups excluding carboxylic acids is 1. The molecule has 0 unspecified atom stereocenters. The van der Waals surface area contributed by atoms with Gasteiger partial charge in [-0.1, -0.05) is 18.2 Å². The van der Waals surface area contributed by atoms with Crippen molar-refractivity contribution in [2.24, 2.45) is 5.41 Å². The molecule has 0 saturated heterocycles. The van der Waals surface area contributed by atoms with E-state index in [1.165, 1.54) is 12.2 Å². The number of esters is 1. The number of carbonyl (C=O) groups is 1. The molecule has 0 radical (unpaired) electrons. The fourth-order valence-electron chi connectivity index (χ4n) is 0.804. The molecule has 0 aromatic rings. The molecule has 0 aromatic heterocycles. The monoisotopic (exact) mass is 230 g/mol. The van der Waals surface area contributed by atoms with Crippen LogP contribution in [0.4, 0.5) is 0 Å². The summed E-state index contributed by atoms with van der Waals surface area (Å²) in [4.78, 5) is 11.1. The summed E-state index contributed by atoms with van der Waals surface area (Å²) in [7, 11) is 0. The summed E-state index contributed by atoms with van der Waals surface area (Å²) >= 11 is 0. The summed E-state index contributed by atoms with van der Waals surface area (Å²) in [5.74, 6) is -0.585. The first-order valence-corrected chi connectivity index (χ1v) is 4.93. The summed E-state index contributed by atoms with van der Waals surface area (Å²) in [5, 5.41) is 26.9. The van der Waals surface area contributed by atoms with E-state index in [0.29, 0.717) is 0 Å². The Morgan fingerprint density at radius 3 is 2.19 bits per heavy atom. The fourth-order valence-corrected chi connectivity index (χ4v) is 0.804. The molecule has 0 rings (SSSR count). The molecule has 0 aliphatic heterocycles. The molecule has 0 spiro atoms. The number of hydrogen-bond donors (Lipinski definition) is 3. The first-order chi connectivity index (χ1) is 7.64. The molecule has 5 heteroatoms. The zero-order chi connectivity index (χ0) is 12.4. The Hall–Kier alpha value is -1.17. The van der Waals surface area contributed by atoms with Crippen LogP contribution in [0.2, 0.25) is 0 Å². The topological polar surface area (TPSA) is 87.0 Å². The highest BCUT2D eigenvalue weighted by molar-refractivity contribution is 5.82. The lowest BCUT2D eigenvalue weighted by atomic mass is 9.93. The third-order valence-corrected chi connectivity index (χ3v) is 2.06. The van der Waals surface area contributed by atoms with Crippen molar-refractivity contribution < 1.29 is 24.9 Å². The van der Waals surface area contributed by atoms with Crippen molar-refractivity contribution in [1.82, 2.24) is 0 Å². The van der Waals surface area contributed by atoms with Crippen molar-refractivity contribution in [3.63, 3.8) is 0 Å². The van der Waals surface area contributed by atoms with Gasteiger partial charge in [-0.25, -0.2) is 4.79 Å². The van der Waals surface area contributed by atoms with Crippen LogP contribution < -0.4 is 0 Å². The zero-order valence-corrected chi connectivity index (χ0v) is 9.30. The van der Waals surface area contributed by atoms with Gasteiger partial charge >= 0.3 is 5.97 Å². The summed E-state index contributed by atoms with van der Waals surface area (Å²) in [6.45, 7) is 0.225. The molecule has 0 aliphatic rings. The second-order valence-electron chi connectivity index (χ2n) is 3.47. The van der Waals surface area contributed by atoms with Crippen LogP contribution >= 0.6 is 0 Å². The predicted molar refractivity (Wildman–Crippen MR) is 58.6 cm³/mol. The largest absolute Gasteiger partial charge is 0.462 e. The Kier molecular flexibility index (Phi) is 7.45. The molecule has 3 N–H and O–H groups in total. The molecule has 0 bridgehead atoms. The van der Waals surface area contributed by atoms with Gasteiger partial charge in [0.2, 0.25) is 0 Å². The van der Waals surface area contributed by atoms with E-state index in [0.717, 1.165) is 0 Å². The number of allylic oxidation sites excluding steroid dienone is 3. The summed E-state index contributed by atoms with van der Waals surface area (Å²) < 4.78 is 4.79. The molecule has 5 nitrogen and oxygen atoms in total.